The Morgan fingerprint density at radius 3 is 2.38 bits per heavy atom. The molecule has 1 heterocycles. The summed E-state index contributed by atoms with van der Waals surface area (Å²) in [6, 6.07) is 8.85. The highest BCUT2D eigenvalue weighted by Crippen LogP contribution is 2.24. The third-order valence-electron chi connectivity index (χ3n) is 5.20. The number of rotatable bonds is 9. The van der Waals surface area contributed by atoms with Crippen molar-refractivity contribution in [2.75, 3.05) is 17.6 Å². The molecule has 34 heavy (non-hydrogen) atoms. The molecule has 2 N–H and O–H groups in total. The predicted molar refractivity (Wildman–Crippen MR) is 138 cm³/mol. The van der Waals surface area contributed by atoms with Crippen molar-refractivity contribution in [1.82, 2.24) is 20.1 Å². The Morgan fingerprint density at radius 2 is 1.74 bits per heavy atom. The second kappa shape index (κ2) is 11.7. The van der Waals surface area contributed by atoms with Gasteiger partial charge in [0.05, 0.1) is 15.8 Å². The van der Waals surface area contributed by atoms with Crippen LogP contribution in [0.1, 0.15) is 39.8 Å². The maximum absolute atomic E-state index is 12.6. The van der Waals surface area contributed by atoms with Crippen molar-refractivity contribution in [3.8, 4) is 0 Å². The molecule has 0 bridgehead atoms. The number of hydrogen-bond acceptors (Lipinski definition) is 5. The molecule has 0 unspecified atom stereocenters. The molecule has 0 saturated carbocycles. The van der Waals surface area contributed by atoms with E-state index in [2.05, 4.69) is 33.0 Å². The van der Waals surface area contributed by atoms with Gasteiger partial charge < -0.3 is 15.2 Å². The Balaban J connectivity index is 1.55. The Morgan fingerprint density at radius 1 is 1.03 bits per heavy atom. The summed E-state index contributed by atoms with van der Waals surface area (Å²) in [4.78, 5) is 24.9. The first-order valence-electron chi connectivity index (χ1n) is 10.9. The molecule has 2 aromatic carbocycles. The van der Waals surface area contributed by atoms with Gasteiger partial charge in [0.1, 0.15) is 5.82 Å². The SMILES string of the molecule is CCn1c(CCNC(=O)c2ccc(Cl)c(Cl)c2)nnc1SCC(=O)Nc1c(C)cc(C)cc1C. The summed E-state index contributed by atoms with van der Waals surface area (Å²) >= 11 is 13.2. The number of nitrogens with zero attached hydrogens (tertiary/aromatic N) is 3. The zero-order valence-corrected chi connectivity index (χ0v) is 21.9. The molecule has 2 amide bonds. The number of aromatic nitrogens is 3. The first-order chi connectivity index (χ1) is 16.2. The molecule has 0 radical (unpaired) electrons. The number of amides is 2. The molecular formula is C24H27Cl2N5O2S. The fraction of sp³-hybridized carbons (Fsp3) is 0.333. The van der Waals surface area contributed by atoms with Crippen molar-refractivity contribution >= 4 is 52.5 Å². The summed E-state index contributed by atoms with van der Waals surface area (Å²) in [5.41, 5.74) is 4.54. The summed E-state index contributed by atoms with van der Waals surface area (Å²) in [5.74, 6) is 0.624. The van der Waals surface area contributed by atoms with Crippen LogP contribution in [0.4, 0.5) is 5.69 Å². The van der Waals surface area contributed by atoms with E-state index in [1.54, 1.807) is 12.1 Å². The van der Waals surface area contributed by atoms with Crippen LogP contribution in [-0.2, 0) is 17.8 Å². The maximum atomic E-state index is 12.6. The molecule has 3 aromatic rings. The van der Waals surface area contributed by atoms with Gasteiger partial charge in [-0.05, 0) is 57.0 Å². The summed E-state index contributed by atoms with van der Waals surface area (Å²) in [5, 5.41) is 15.8. The van der Waals surface area contributed by atoms with Crippen molar-refractivity contribution in [3.05, 3.63) is 68.5 Å². The fourth-order valence-electron chi connectivity index (χ4n) is 3.64. The molecule has 0 aliphatic carbocycles. The number of nitrogens with one attached hydrogen (secondary N) is 2. The lowest BCUT2D eigenvalue weighted by Crippen LogP contribution is -2.26. The summed E-state index contributed by atoms with van der Waals surface area (Å²) < 4.78 is 1.95. The van der Waals surface area contributed by atoms with E-state index in [-0.39, 0.29) is 17.6 Å². The first-order valence-corrected chi connectivity index (χ1v) is 12.6. The third-order valence-corrected chi connectivity index (χ3v) is 6.91. The average molecular weight is 520 g/mol. The van der Waals surface area contributed by atoms with E-state index in [1.165, 1.54) is 23.4 Å². The molecule has 0 aliphatic heterocycles. The molecule has 0 spiro atoms. The molecule has 0 atom stereocenters. The minimum Gasteiger partial charge on any atom is -0.352 e. The van der Waals surface area contributed by atoms with Crippen LogP contribution in [0.15, 0.2) is 35.5 Å². The van der Waals surface area contributed by atoms with Crippen LogP contribution >= 0.6 is 35.0 Å². The summed E-state index contributed by atoms with van der Waals surface area (Å²) in [6.07, 6.45) is 0.502. The standard InChI is InChI=1S/C24H27Cl2N5O2S/c1-5-31-20(8-9-27-23(33)17-6-7-18(25)19(26)12-17)29-30-24(31)34-13-21(32)28-22-15(3)10-14(2)11-16(22)4/h6-7,10-12H,5,8-9,13H2,1-4H3,(H,27,33)(H,28,32). The zero-order chi connectivity index (χ0) is 24.8. The quantitative estimate of drug-likeness (QED) is 0.377. The highest BCUT2D eigenvalue weighted by atomic mass is 35.5. The number of aryl methyl sites for hydroxylation is 3. The van der Waals surface area contributed by atoms with Gasteiger partial charge in [-0.25, -0.2) is 0 Å². The topological polar surface area (TPSA) is 88.9 Å². The fourth-order valence-corrected chi connectivity index (χ4v) is 4.76. The Bertz CT molecular complexity index is 1190. The number of carbonyl (C=O) groups excluding carboxylic acids is 2. The molecule has 7 nitrogen and oxygen atoms in total. The number of hydrogen-bond donors (Lipinski definition) is 2. The van der Waals surface area contributed by atoms with Gasteiger partial charge in [-0.15, -0.1) is 10.2 Å². The highest BCUT2D eigenvalue weighted by molar-refractivity contribution is 7.99. The first kappa shape index (κ1) is 26.1. The van der Waals surface area contributed by atoms with Crippen LogP contribution < -0.4 is 10.6 Å². The normalized spacial score (nSPS) is 10.9. The second-order valence-corrected chi connectivity index (χ2v) is 9.65. The Kier molecular flexibility index (Phi) is 8.99. The minimum atomic E-state index is -0.242. The van der Waals surface area contributed by atoms with E-state index < -0.39 is 0 Å². The molecule has 10 heteroatoms. The lowest BCUT2D eigenvalue weighted by atomic mass is 10.1. The van der Waals surface area contributed by atoms with Crippen molar-refractivity contribution in [2.45, 2.75) is 45.8 Å². The van der Waals surface area contributed by atoms with Gasteiger partial charge in [0.15, 0.2) is 5.16 Å². The van der Waals surface area contributed by atoms with E-state index >= 15 is 0 Å². The van der Waals surface area contributed by atoms with Gasteiger partial charge in [0, 0.05) is 30.8 Å². The third kappa shape index (κ3) is 6.52. The van der Waals surface area contributed by atoms with Gasteiger partial charge in [0.25, 0.3) is 5.91 Å². The lowest BCUT2D eigenvalue weighted by molar-refractivity contribution is -0.113. The average Bonchev–Trinajstić information content (AvgIpc) is 3.18. The van der Waals surface area contributed by atoms with Gasteiger partial charge >= 0.3 is 0 Å². The van der Waals surface area contributed by atoms with Crippen LogP contribution in [0.5, 0.6) is 0 Å². The van der Waals surface area contributed by atoms with Crippen LogP contribution in [0.2, 0.25) is 10.0 Å². The number of benzene rings is 2. The number of anilines is 1. The molecule has 1 aromatic heterocycles. The molecule has 0 fully saturated rings. The number of thioether (sulfide) groups is 1. The maximum Gasteiger partial charge on any atom is 0.251 e. The van der Waals surface area contributed by atoms with Crippen molar-refractivity contribution < 1.29 is 9.59 Å². The van der Waals surface area contributed by atoms with E-state index in [0.29, 0.717) is 40.3 Å². The highest BCUT2D eigenvalue weighted by Gasteiger charge is 2.15. The molecular weight excluding hydrogens is 493 g/mol. The zero-order valence-electron chi connectivity index (χ0n) is 19.5. The van der Waals surface area contributed by atoms with Crippen LogP contribution in [0, 0.1) is 20.8 Å². The monoisotopic (exact) mass is 519 g/mol. The number of carbonyl (C=O) groups is 2. The van der Waals surface area contributed by atoms with Crippen LogP contribution in [0.25, 0.3) is 0 Å². The van der Waals surface area contributed by atoms with Gasteiger partial charge in [-0.1, -0.05) is 52.7 Å². The Hall–Kier alpha value is -2.55. The van der Waals surface area contributed by atoms with Crippen molar-refractivity contribution in [1.29, 1.82) is 0 Å². The molecule has 3 rings (SSSR count). The van der Waals surface area contributed by atoms with Crippen LogP contribution in [0.3, 0.4) is 0 Å². The Labute approximate surface area is 213 Å². The lowest BCUT2D eigenvalue weighted by Gasteiger charge is -2.13. The van der Waals surface area contributed by atoms with E-state index in [0.717, 1.165) is 22.6 Å². The largest absolute Gasteiger partial charge is 0.352 e. The summed E-state index contributed by atoms with van der Waals surface area (Å²) in [7, 11) is 0. The van der Waals surface area contributed by atoms with E-state index in [9.17, 15) is 9.59 Å². The van der Waals surface area contributed by atoms with Gasteiger partial charge in [-0.3, -0.25) is 9.59 Å². The minimum absolute atomic E-state index is 0.0962. The van der Waals surface area contributed by atoms with E-state index in [1.807, 2.05) is 32.3 Å². The molecule has 0 saturated heterocycles. The van der Waals surface area contributed by atoms with Gasteiger partial charge in [-0.2, -0.15) is 0 Å². The smallest absolute Gasteiger partial charge is 0.251 e. The predicted octanol–water partition coefficient (Wildman–Crippen LogP) is 5.23. The molecule has 0 aliphatic rings. The second-order valence-electron chi connectivity index (χ2n) is 7.89. The van der Waals surface area contributed by atoms with Crippen molar-refractivity contribution in [2.24, 2.45) is 0 Å². The van der Waals surface area contributed by atoms with E-state index in [4.69, 9.17) is 23.2 Å². The molecule has 180 valence electrons. The van der Waals surface area contributed by atoms with Gasteiger partial charge in [0.2, 0.25) is 5.91 Å². The summed E-state index contributed by atoms with van der Waals surface area (Å²) in [6.45, 7) is 9.04. The number of halogens is 2. The van der Waals surface area contributed by atoms with Crippen LogP contribution in [-0.4, -0.2) is 38.9 Å². The van der Waals surface area contributed by atoms with Crippen molar-refractivity contribution in [3.63, 3.8) is 0 Å².